The van der Waals surface area contributed by atoms with Crippen molar-refractivity contribution in [2.75, 3.05) is 0 Å². The first-order valence-corrected chi connectivity index (χ1v) is 7.10. The number of carbonyl (C=O) groups is 1. The van der Waals surface area contributed by atoms with Crippen molar-refractivity contribution in [3.63, 3.8) is 0 Å². The molecule has 0 radical (unpaired) electrons. The van der Waals surface area contributed by atoms with E-state index in [0.717, 1.165) is 10.0 Å². The molecule has 0 aliphatic heterocycles. The van der Waals surface area contributed by atoms with E-state index < -0.39 is 5.91 Å². The Morgan fingerprint density at radius 2 is 1.89 bits per heavy atom. The monoisotopic (exact) mass is 383 g/mol. The molecule has 0 fully saturated rings. The van der Waals surface area contributed by atoms with Crippen LogP contribution in [0.4, 0.5) is 0 Å². The summed E-state index contributed by atoms with van der Waals surface area (Å²) < 4.78 is 7.32. The fraction of sp³-hybridized carbons (Fsp3) is 0.0714. The van der Waals surface area contributed by atoms with Gasteiger partial charge in [-0.3, -0.25) is 4.79 Å². The second-order valence-electron chi connectivity index (χ2n) is 3.99. The SMILES string of the molecule is Cc1ccc(Br)cc1Oc1cccc(Br)c1C(N)=O. The van der Waals surface area contributed by atoms with Crippen molar-refractivity contribution in [3.05, 3.63) is 56.5 Å². The van der Waals surface area contributed by atoms with Crippen LogP contribution in [-0.2, 0) is 0 Å². The van der Waals surface area contributed by atoms with Crippen LogP contribution < -0.4 is 10.5 Å². The van der Waals surface area contributed by atoms with Crippen LogP contribution in [0, 0.1) is 6.92 Å². The molecule has 98 valence electrons. The summed E-state index contributed by atoms with van der Waals surface area (Å²) in [5.41, 5.74) is 6.68. The van der Waals surface area contributed by atoms with E-state index in [-0.39, 0.29) is 0 Å². The van der Waals surface area contributed by atoms with Gasteiger partial charge in [-0.2, -0.15) is 0 Å². The molecule has 0 aliphatic carbocycles. The number of hydrogen-bond donors (Lipinski definition) is 1. The number of ether oxygens (including phenoxy) is 1. The summed E-state index contributed by atoms with van der Waals surface area (Å²) in [6, 6.07) is 11.0. The van der Waals surface area contributed by atoms with Crippen LogP contribution in [0.25, 0.3) is 0 Å². The highest BCUT2D eigenvalue weighted by Crippen LogP contribution is 2.33. The number of nitrogens with two attached hydrogens (primary N) is 1. The van der Waals surface area contributed by atoms with Gasteiger partial charge in [0.15, 0.2) is 0 Å². The molecule has 2 aromatic rings. The number of hydrogen-bond acceptors (Lipinski definition) is 2. The maximum Gasteiger partial charge on any atom is 0.253 e. The molecule has 5 heteroatoms. The van der Waals surface area contributed by atoms with E-state index in [1.165, 1.54) is 0 Å². The van der Waals surface area contributed by atoms with Gasteiger partial charge in [0.25, 0.3) is 5.91 Å². The van der Waals surface area contributed by atoms with Gasteiger partial charge in [-0.15, -0.1) is 0 Å². The van der Waals surface area contributed by atoms with E-state index in [0.29, 0.717) is 21.5 Å². The molecule has 2 aromatic carbocycles. The summed E-state index contributed by atoms with van der Waals surface area (Å²) in [6.07, 6.45) is 0. The lowest BCUT2D eigenvalue weighted by atomic mass is 10.2. The van der Waals surface area contributed by atoms with Crippen molar-refractivity contribution >= 4 is 37.8 Å². The number of amides is 1. The first kappa shape index (κ1) is 14.1. The smallest absolute Gasteiger partial charge is 0.253 e. The molecule has 2 rings (SSSR count). The number of rotatable bonds is 3. The minimum Gasteiger partial charge on any atom is -0.456 e. The average Bonchev–Trinajstić information content (AvgIpc) is 2.33. The van der Waals surface area contributed by atoms with E-state index in [9.17, 15) is 4.79 Å². The highest BCUT2D eigenvalue weighted by molar-refractivity contribution is 9.10. The minimum atomic E-state index is -0.532. The first-order chi connectivity index (χ1) is 8.99. The fourth-order valence-corrected chi connectivity index (χ4v) is 2.51. The predicted octanol–water partition coefficient (Wildman–Crippen LogP) is 4.41. The molecule has 0 atom stereocenters. The van der Waals surface area contributed by atoms with Gasteiger partial charge in [0.2, 0.25) is 0 Å². The van der Waals surface area contributed by atoms with Gasteiger partial charge in [-0.05, 0) is 52.7 Å². The van der Waals surface area contributed by atoms with Crippen LogP contribution in [-0.4, -0.2) is 5.91 Å². The van der Waals surface area contributed by atoms with E-state index in [1.54, 1.807) is 18.2 Å². The Morgan fingerprint density at radius 1 is 1.16 bits per heavy atom. The molecular formula is C14H11Br2NO2. The van der Waals surface area contributed by atoms with Gasteiger partial charge >= 0.3 is 0 Å². The maximum absolute atomic E-state index is 11.5. The Labute approximate surface area is 128 Å². The van der Waals surface area contributed by atoms with Gasteiger partial charge in [-0.25, -0.2) is 0 Å². The van der Waals surface area contributed by atoms with Crippen LogP contribution in [0.5, 0.6) is 11.5 Å². The van der Waals surface area contributed by atoms with Crippen molar-refractivity contribution in [2.45, 2.75) is 6.92 Å². The molecular weight excluding hydrogens is 374 g/mol. The van der Waals surface area contributed by atoms with E-state index in [2.05, 4.69) is 31.9 Å². The highest BCUT2D eigenvalue weighted by atomic mass is 79.9. The van der Waals surface area contributed by atoms with E-state index >= 15 is 0 Å². The second kappa shape index (κ2) is 5.75. The van der Waals surface area contributed by atoms with E-state index in [1.807, 2.05) is 25.1 Å². The quantitative estimate of drug-likeness (QED) is 0.851. The molecule has 0 aromatic heterocycles. The lowest BCUT2D eigenvalue weighted by molar-refractivity contribution is 0.0997. The zero-order valence-electron chi connectivity index (χ0n) is 10.1. The van der Waals surface area contributed by atoms with Crippen molar-refractivity contribution in [1.82, 2.24) is 0 Å². The summed E-state index contributed by atoms with van der Waals surface area (Å²) in [6.45, 7) is 1.93. The number of benzene rings is 2. The third kappa shape index (κ3) is 3.16. The van der Waals surface area contributed by atoms with Crippen molar-refractivity contribution in [2.24, 2.45) is 5.73 Å². The molecule has 0 spiro atoms. The lowest BCUT2D eigenvalue weighted by Gasteiger charge is -2.12. The van der Waals surface area contributed by atoms with Crippen molar-refractivity contribution in [1.29, 1.82) is 0 Å². The van der Waals surface area contributed by atoms with Gasteiger partial charge in [0, 0.05) is 8.95 Å². The largest absolute Gasteiger partial charge is 0.456 e. The fourth-order valence-electron chi connectivity index (χ4n) is 1.63. The Balaban J connectivity index is 2.46. The number of halogens is 2. The van der Waals surface area contributed by atoms with Gasteiger partial charge in [0.1, 0.15) is 11.5 Å². The summed E-state index contributed by atoms with van der Waals surface area (Å²) in [5, 5.41) is 0. The Hall–Kier alpha value is -1.33. The van der Waals surface area contributed by atoms with Crippen molar-refractivity contribution in [3.8, 4) is 11.5 Å². The molecule has 0 heterocycles. The number of primary amides is 1. The third-order valence-electron chi connectivity index (χ3n) is 2.59. The van der Waals surface area contributed by atoms with Gasteiger partial charge < -0.3 is 10.5 Å². The summed E-state index contributed by atoms with van der Waals surface area (Å²) in [4.78, 5) is 11.5. The molecule has 0 bridgehead atoms. The van der Waals surface area contributed by atoms with E-state index in [4.69, 9.17) is 10.5 Å². The van der Waals surface area contributed by atoms with Crippen LogP contribution in [0.1, 0.15) is 15.9 Å². The second-order valence-corrected chi connectivity index (χ2v) is 5.76. The third-order valence-corrected chi connectivity index (χ3v) is 3.75. The standard InChI is InChI=1S/C14H11Br2NO2/c1-8-5-6-9(15)7-12(8)19-11-4-2-3-10(16)13(11)14(17)18/h2-7H,1H3,(H2,17,18). The highest BCUT2D eigenvalue weighted by Gasteiger charge is 2.14. The molecule has 0 aliphatic rings. The molecule has 0 saturated carbocycles. The lowest BCUT2D eigenvalue weighted by Crippen LogP contribution is -2.13. The van der Waals surface area contributed by atoms with Gasteiger partial charge in [0.05, 0.1) is 5.56 Å². The Morgan fingerprint density at radius 3 is 2.58 bits per heavy atom. The van der Waals surface area contributed by atoms with Crippen LogP contribution in [0.3, 0.4) is 0 Å². The van der Waals surface area contributed by atoms with Crippen LogP contribution in [0.15, 0.2) is 45.3 Å². The molecule has 1 amide bonds. The van der Waals surface area contributed by atoms with Crippen LogP contribution >= 0.6 is 31.9 Å². The zero-order valence-corrected chi connectivity index (χ0v) is 13.3. The van der Waals surface area contributed by atoms with Crippen molar-refractivity contribution < 1.29 is 9.53 Å². The minimum absolute atomic E-state index is 0.335. The number of carbonyl (C=O) groups excluding carboxylic acids is 1. The maximum atomic E-state index is 11.5. The Kier molecular flexibility index (Phi) is 4.27. The number of aryl methyl sites for hydroxylation is 1. The molecule has 0 unspecified atom stereocenters. The average molecular weight is 385 g/mol. The topological polar surface area (TPSA) is 52.3 Å². The normalized spacial score (nSPS) is 10.3. The molecule has 19 heavy (non-hydrogen) atoms. The Bertz CT molecular complexity index is 641. The summed E-state index contributed by atoms with van der Waals surface area (Å²) in [5.74, 6) is 0.577. The zero-order chi connectivity index (χ0) is 14.0. The van der Waals surface area contributed by atoms with Crippen LogP contribution in [0.2, 0.25) is 0 Å². The first-order valence-electron chi connectivity index (χ1n) is 5.51. The van der Waals surface area contributed by atoms with Gasteiger partial charge in [-0.1, -0.05) is 28.1 Å². The predicted molar refractivity (Wildman–Crippen MR) is 81.6 cm³/mol. The summed E-state index contributed by atoms with van der Waals surface area (Å²) >= 11 is 6.69. The molecule has 3 nitrogen and oxygen atoms in total. The molecule has 0 saturated heterocycles. The summed E-state index contributed by atoms with van der Waals surface area (Å²) in [7, 11) is 0. The molecule has 2 N–H and O–H groups in total.